The van der Waals surface area contributed by atoms with E-state index in [1.54, 1.807) is 23.9 Å². The van der Waals surface area contributed by atoms with Gasteiger partial charge in [0.1, 0.15) is 11.8 Å². The first kappa shape index (κ1) is 17.3. The summed E-state index contributed by atoms with van der Waals surface area (Å²) >= 11 is 1.58. The molecule has 5 N–H and O–H groups in total. The Bertz CT molecular complexity index is 478. The molecule has 0 unspecified atom stereocenters. The van der Waals surface area contributed by atoms with Crippen LogP contribution in [0.15, 0.2) is 24.3 Å². The molecule has 6 nitrogen and oxygen atoms in total. The Hall–Kier alpha value is -1.73. The lowest BCUT2D eigenvalue weighted by atomic mass is 10.1. The van der Waals surface area contributed by atoms with E-state index in [9.17, 15) is 19.8 Å². The third kappa shape index (κ3) is 6.05. The average molecular weight is 312 g/mol. The number of nitrogens with two attached hydrogens (primary N) is 1. The van der Waals surface area contributed by atoms with Crippen LogP contribution in [0.25, 0.3) is 0 Å². The van der Waals surface area contributed by atoms with Gasteiger partial charge in [-0.3, -0.25) is 4.79 Å². The number of rotatable bonds is 8. The van der Waals surface area contributed by atoms with Crippen molar-refractivity contribution in [2.45, 2.75) is 24.9 Å². The number of phenolic OH excluding ortho intramolecular Hbond substituents is 1. The van der Waals surface area contributed by atoms with Crippen molar-refractivity contribution < 1.29 is 19.8 Å². The summed E-state index contributed by atoms with van der Waals surface area (Å²) in [5, 5.41) is 20.8. The van der Waals surface area contributed by atoms with E-state index < -0.39 is 24.0 Å². The fraction of sp³-hybridized carbons (Fsp3) is 0.429. The number of aliphatic carboxylic acids is 1. The molecule has 1 aromatic rings. The standard InChI is InChI=1S/C14H20N2O4S/c1-21-7-6-11(15)13(18)16-12(14(19)20)8-9-2-4-10(17)5-3-9/h2-5,11-12,17H,6-8,15H2,1H3,(H,16,18)(H,19,20)/t11-,12-/m1/s1. The minimum atomic E-state index is -1.12. The number of carbonyl (C=O) groups excluding carboxylic acids is 1. The summed E-state index contributed by atoms with van der Waals surface area (Å²) in [6.45, 7) is 0. The Kier molecular flexibility index (Phi) is 7.04. The van der Waals surface area contributed by atoms with Gasteiger partial charge in [0.2, 0.25) is 5.91 Å². The molecule has 0 aliphatic carbocycles. The molecule has 1 amide bonds. The molecule has 116 valence electrons. The van der Waals surface area contributed by atoms with Gasteiger partial charge in [0.25, 0.3) is 0 Å². The van der Waals surface area contributed by atoms with Crippen LogP contribution in [0.5, 0.6) is 5.75 Å². The fourth-order valence-electron chi connectivity index (χ4n) is 1.72. The topological polar surface area (TPSA) is 113 Å². The van der Waals surface area contributed by atoms with Crippen LogP contribution in [0.1, 0.15) is 12.0 Å². The summed E-state index contributed by atoms with van der Waals surface area (Å²) in [5.41, 5.74) is 6.42. The fourth-order valence-corrected chi connectivity index (χ4v) is 2.21. The average Bonchev–Trinajstić information content (AvgIpc) is 2.45. The summed E-state index contributed by atoms with van der Waals surface area (Å²) in [6.07, 6.45) is 2.55. The summed E-state index contributed by atoms with van der Waals surface area (Å²) < 4.78 is 0. The van der Waals surface area contributed by atoms with Crippen molar-refractivity contribution in [1.29, 1.82) is 0 Å². The maximum Gasteiger partial charge on any atom is 0.326 e. The molecule has 1 aromatic carbocycles. The molecule has 0 fully saturated rings. The van der Waals surface area contributed by atoms with Gasteiger partial charge in [-0.1, -0.05) is 12.1 Å². The van der Waals surface area contributed by atoms with Gasteiger partial charge in [0.05, 0.1) is 6.04 Å². The predicted molar refractivity (Wildman–Crippen MR) is 82.4 cm³/mol. The van der Waals surface area contributed by atoms with Gasteiger partial charge in [-0.2, -0.15) is 11.8 Å². The quantitative estimate of drug-likeness (QED) is 0.559. The van der Waals surface area contributed by atoms with Crippen molar-refractivity contribution in [3.05, 3.63) is 29.8 Å². The first-order chi connectivity index (χ1) is 9.93. The highest BCUT2D eigenvalue weighted by molar-refractivity contribution is 7.98. The van der Waals surface area contributed by atoms with Crippen molar-refractivity contribution in [3.8, 4) is 5.75 Å². The largest absolute Gasteiger partial charge is 0.508 e. The van der Waals surface area contributed by atoms with E-state index in [4.69, 9.17) is 5.73 Å². The van der Waals surface area contributed by atoms with Crippen molar-refractivity contribution in [1.82, 2.24) is 5.32 Å². The van der Waals surface area contributed by atoms with Crippen LogP contribution in [-0.4, -0.2) is 46.2 Å². The van der Waals surface area contributed by atoms with E-state index in [0.717, 1.165) is 5.75 Å². The van der Waals surface area contributed by atoms with Crippen LogP contribution < -0.4 is 11.1 Å². The molecule has 0 saturated carbocycles. The van der Waals surface area contributed by atoms with Gasteiger partial charge >= 0.3 is 5.97 Å². The Labute approximate surface area is 127 Å². The number of benzene rings is 1. The highest BCUT2D eigenvalue weighted by Crippen LogP contribution is 2.11. The Balaban J connectivity index is 2.63. The van der Waals surface area contributed by atoms with Gasteiger partial charge in [0, 0.05) is 6.42 Å². The zero-order valence-corrected chi connectivity index (χ0v) is 12.6. The first-order valence-electron chi connectivity index (χ1n) is 6.49. The number of phenols is 1. The number of hydrogen-bond acceptors (Lipinski definition) is 5. The summed E-state index contributed by atoms with van der Waals surface area (Å²) in [4.78, 5) is 23.1. The minimum absolute atomic E-state index is 0.105. The second kappa shape index (κ2) is 8.53. The summed E-state index contributed by atoms with van der Waals surface area (Å²) in [5.74, 6) is -0.734. The maximum atomic E-state index is 11.9. The molecule has 0 aromatic heterocycles. The number of amides is 1. The number of nitrogens with one attached hydrogen (secondary N) is 1. The lowest BCUT2D eigenvalue weighted by molar-refractivity contribution is -0.142. The molecule has 21 heavy (non-hydrogen) atoms. The molecule has 2 atom stereocenters. The van der Waals surface area contributed by atoms with Crippen LogP contribution in [0.3, 0.4) is 0 Å². The molecular formula is C14H20N2O4S. The number of aromatic hydroxyl groups is 1. The molecular weight excluding hydrogens is 292 g/mol. The molecule has 0 radical (unpaired) electrons. The molecule has 0 bridgehead atoms. The second-order valence-electron chi connectivity index (χ2n) is 4.66. The van der Waals surface area contributed by atoms with Crippen LogP contribution in [0.2, 0.25) is 0 Å². The number of carbonyl (C=O) groups is 2. The lowest BCUT2D eigenvalue weighted by Crippen LogP contribution is -2.49. The van der Waals surface area contributed by atoms with Crippen LogP contribution in [-0.2, 0) is 16.0 Å². The van der Waals surface area contributed by atoms with Crippen molar-refractivity contribution >= 4 is 23.6 Å². The molecule has 0 aliphatic heterocycles. The van der Waals surface area contributed by atoms with E-state index in [-0.39, 0.29) is 12.2 Å². The van der Waals surface area contributed by atoms with E-state index in [0.29, 0.717) is 12.0 Å². The monoisotopic (exact) mass is 312 g/mol. The Morgan fingerprint density at radius 2 is 1.95 bits per heavy atom. The number of thioether (sulfide) groups is 1. The number of carboxylic acids is 1. The molecule has 7 heteroatoms. The maximum absolute atomic E-state index is 11.9. The number of hydrogen-bond donors (Lipinski definition) is 4. The minimum Gasteiger partial charge on any atom is -0.508 e. The Morgan fingerprint density at radius 1 is 1.33 bits per heavy atom. The van der Waals surface area contributed by atoms with Gasteiger partial charge in [-0.05, 0) is 36.1 Å². The first-order valence-corrected chi connectivity index (χ1v) is 7.89. The van der Waals surface area contributed by atoms with Crippen molar-refractivity contribution in [3.63, 3.8) is 0 Å². The molecule has 0 aliphatic rings. The zero-order valence-electron chi connectivity index (χ0n) is 11.8. The van der Waals surface area contributed by atoms with E-state index in [1.165, 1.54) is 12.1 Å². The van der Waals surface area contributed by atoms with E-state index in [1.807, 2.05) is 6.26 Å². The SMILES string of the molecule is CSCC[C@@H](N)C(=O)N[C@H](Cc1ccc(O)cc1)C(=O)O. The van der Waals surface area contributed by atoms with E-state index in [2.05, 4.69) is 5.32 Å². The summed E-state index contributed by atoms with van der Waals surface area (Å²) in [6, 6.07) is 4.43. The lowest BCUT2D eigenvalue weighted by Gasteiger charge is -2.17. The van der Waals surface area contributed by atoms with Gasteiger partial charge in [0.15, 0.2) is 0 Å². The zero-order chi connectivity index (χ0) is 15.8. The molecule has 0 saturated heterocycles. The predicted octanol–water partition coefficient (Wildman–Crippen LogP) is 0.584. The van der Waals surface area contributed by atoms with Crippen molar-refractivity contribution in [2.75, 3.05) is 12.0 Å². The normalized spacial score (nSPS) is 13.4. The van der Waals surface area contributed by atoms with Crippen LogP contribution in [0, 0.1) is 0 Å². The van der Waals surface area contributed by atoms with Gasteiger partial charge in [-0.25, -0.2) is 4.79 Å². The molecule has 1 rings (SSSR count). The third-order valence-corrected chi connectivity index (χ3v) is 3.60. The third-order valence-electron chi connectivity index (χ3n) is 2.96. The van der Waals surface area contributed by atoms with Crippen LogP contribution in [0.4, 0.5) is 0 Å². The van der Waals surface area contributed by atoms with Crippen molar-refractivity contribution in [2.24, 2.45) is 5.73 Å². The van der Waals surface area contributed by atoms with Gasteiger partial charge in [-0.15, -0.1) is 0 Å². The van der Waals surface area contributed by atoms with E-state index >= 15 is 0 Å². The molecule has 0 heterocycles. The Morgan fingerprint density at radius 3 is 2.48 bits per heavy atom. The second-order valence-corrected chi connectivity index (χ2v) is 5.64. The summed E-state index contributed by atoms with van der Waals surface area (Å²) in [7, 11) is 0. The highest BCUT2D eigenvalue weighted by atomic mass is 32.2. The smallest absolute Gasteiger partial charge is 0.326 e. The number of carboxylic acid groups (broad SMARTS) is 1. The molecule has 0 spiro atoms. The van der Waals surface area contributed by atoms with Gasteiger partial charge < -0.3 is 21.3 Å². The van der Waals surface area contributed by atoms with Crippen LogP contribution >= 0.6 is 11.8 Å². The highest BCUT2D eigenvalue weighted by Gasteiger charge is 2.23.